The monoisotopic (exact) mass is 257 g/mol. The average molecular weight is 257 g/mol. The summed E-state index contributed by atoms with van der Waals surface area (Å²) in [5, 5.41) is 2.31. The number of fused-ring (bicyclic) bond motifs is 1. The number of hydrogen-bond donors (Lipinski definition) is 0. The van der Waals surface area contributed by atoms with Gasteiger partial charge in [-0.25, -0.2) is 4.98 Å². The van der Waals surface area contributed by atoms with E-state index in [1.54, 1.807) is 11.3 Å². The Morgan fingerprint density at radius 2 is 1.67 bits per heavy atom. The van der Waals surface area contributed by atoms with Crippen LogP contribution in [0.15, 0.2) is 24.3 Å². The van der Waals surface area contributed by atoms with Gasteiger partial charge in [-0.05, 0) is 19.8 Å². The van der Waals surface area contributed by atoms with E-state index in [1.165, 1.54) is 21.0 Å². The lowest BCUT2D eigenvalue weighted by Crippen LogP contribution is -2.22. The standard InChI is InChI=1S/C14H13NS.C2H6/c1-10-6-8-11(9-7-10)14-15-12-4-2-3-5-13(12)16-14;1-2/h4-9H,2-3H2,1H3;1-2H3. The number of hydrogen-bond acceptors (Lipinski definition) is 2. The first kappa shape index (κ1) is 13.0. The highest BCUT2D eigenvalue weighted by Crippen LogP contribution is 2.19. The number of nitrogens with zero attached hydrogens (tertiary/aromatic N) is 1. The molecule has 1 aromatic carbocycles. The lowest BCUT2D eigenvalue weighted by molar-refractivity contribution is 1.10. The summed E-state index contributed by atoms with van der Waals surface area (Å²) >= 11 is 1.80. The van der Waals surface area contributed by atoms with Crippen molar-refractivity contribution in [3.05, 3.63) is 39.7 Å². The van der Waals surface area contributed by atoms with Gasteiger partial charge in [0.1, 0.15) is 5.01 Å². The van der Waals surface area contributed by atoms with E-state index in [1.807, 2.05) is 13.8 Å². The highest BCUT2D eigenvalue weighted by atomic mass is 32.1. The molecule has 0 bridgehead atoms. The summed E-state index contributed by atoms with van der Waals surface area (Å²) in [5.41, 5.74) is 2.52. The van der Waals surface area contributed by atoms with E-state index >= 15 is 0 Å². The van der Waals surface area contributed by atoms with Crippen LogP contribution in [0.2, 0.25) is 0 Å². The SMILES string of the molecule is CC.Cc1ccc(-c2nc3c(s2)=CCCC=3)cc1. The largest absolute Gasteiger partial charge is 0.236 e. The van der Waals surface area contributed by atoms with E-state index in [4.69, 9.17) is 0 Å². The van der Waals surface area contributed by atoms with Crippen molar-refractivity contribution in [3.8, 4) is 10.6 Å². The second kappa shape index (κ2) is 5.96. The Morgan fingerprint density at radius 1 is 1.00 bits per heavy atom. The molecule has 2 heteroatoms. The first-order valence-corrected chi connectivity index (χ1v) is 7.39. The van der Waals surface area contributed by atoms with Crippen molar-refractivity contribution >= 4 is 23.5 Å². The Kier molecular flexibility index (Phi) is 4.32. The molecule has 1 aliphatic carbocycles. The fourth-order valence-electron chi connectivity index (χ4n) is 1.89. The summed E-state index contributed by atoms with van der Waals surface area (Å²) in [7, 11) is 0. The van der Waals surface area contributed by atoms with Gasteiger partial charge in [0.25, 0.3) is 0 Å². The molecule has 1 aliphatic rings. The van der Waals surface area contributed by atoms with Crippen molar-refractivity contribution in [2.24, 2.45) is 0 Å². The molecule has 3 rings (SSSR count). The number of aryl methyl sites for hydroxylation is 1. The molecule has 0 aliphatic heterocycles. The molecule has 0 amide bonds. The summed E-state index contributed by atoms with van der Waals surface area (Å²) in [5.74, 6) is 0. The number of aromatic nitrogens is 1. The smallest absolute Gasteiger partial charge is 0.124 e. The van der Waals surface area contributed by atoms with Crippen LogP contribution in [0, 0.1) is 6.92 Å². The van der Waals surface area contributed by atoms with Crippen molar-refractivity contribution in [1.29, 1.82) is 0 Å². The molecule has 0 atom stereocenters. The average Bonchev–Trinajstić information content (AvgIpc) is 2.85. The highest BCUT2D eigenvalue weighted by molar-refractivity contribution is 7.13. The molecule has 18 heavy (non-hydrogen) atoms. The van der Waals surface area contributed by atoms with Crippen molar-refractivity contribution in [3.63, 3.8) is 0 Å². The van der Waals surface area contributed by atoms with Crippen LogP contribution >= 0.6 is 11.3 Å². The maximum Gasteiger partial charge on any atom is 0.124 e. The summed E-state index contributed by atoms with van der Waals surface area (Å²) in [6.07, 6.45) is 6.82. The minimum atomic E-state index is 1.13. The third-order valence-electron chi connectivity index (χ3n) is 2.81. The Labute approximate surface area is 113 Å². The molecular formula is C16H19NS. The van der Waals surface area contributed by atoms with Gasteiger partial charge in [0.15, 0.2) is 0 Å². The second-order valence-corrected chi connectivity index (χ2v) is 5.15. The van der Waals surface area contributed by atoms with Gasteiger partial charge >= 0.3 is 0 Å². The van der Waals surface area contributed by atoms with E-state index in [0.29, 0.717) is 0 Å². The lowest BCUT2D eigenvalue weighted by Gasteiger charge is -1.95. The zero-order valence-corrected chi connectivity index (χ0v) is 12.1. The van der Waals surface area contributed by atoms with E-state index in [2.05, 4.69) is 48.3 Å². The molecule has 0 radical (unpaired) electrons. The van der Waals surface area contributed by atoms with Crippen molar-refractivity contribution < 1.29 is 0 Å². The number of thiazole rings is 1. The van der Waals surface area contributed by atoms with Gasteiger partial charge in [-0.15, -0.1) is 11.3 Å². The summed E-state index contributed by atoms with van der Waals surface area (Å²) in [4.78, 5) is 4.68. The van der Waals surface area contributed by atoms with Crippen LogP contribution in [0.5, 0.6) is 0 Å². The second-order valence-electron chi connectivity index (χ2n) is 4.12. The van der Waals surface area contributed by atoms with Crippen LogP contribution in [0.1, 0.15) is 32.3 Å². The minimum absolute atomic E-state index is 1.13. The molecule has 94 valence electrons. The third-order valence-corrected chi connectivity index (χ3v) is 3.93. The number of benzene rings is 1. The van der Waals surface area contributed by atoms with E-state index < -0.39 is 0 Å². The maximum atomic E-state index is 4.68. The predicted molar refractivity (Wildman–Crippen MR) is 81.0 cm³/mol. The number of rotatable bonds is 1. The first-order chi connectivity index (χ1) is 8.83. The van der Waals surface area contributed by atoms with Gasteiger partial charge in [-0.1, -0.05) is 55.8 Å². The topological polar surface area (TPSA) is 12.9 Å². The van der Waals surface area contributed by atoms with Gasteiger partial charge in [-0.3, -0.25) is 0 Å². The van der Waals surface area contributed by atoms with Crippen molar-refractivity contribution in [2.75, 3.05) is 0 Å². The maximum absolute atomic E-state index is 4.68. The third kappa shape index (κ3) is 2.70. The van der Waals surface area contributed by atoms with E-state index in [-0.39, 0.29) is 0 Å². The fourth-order valence-corrected chi connectivity index (χ4v) is 2.93. The van der Waals surface area contributed by atoms with Crippen LogP contribution in [0.4, 0.5) is 0 Å². The zero-order chi connectivity index (χ0) is 13.0. The molecule has 2 aromatic rings. The predicted octanol–water partition coefficient (Wildman–Crippen LogP) is 3.50. The highest BCUT2D eigenvalue weighted by Gasteiger charge is 2.04. The molecule has 0 fully saturated rings. The fraction of sp³-hybridized carbons (Fsp3) is 0.312. The van der Waals surface area contributed by atoms with Crippen LogP contribution < -0.4 is 9.88 Å². The molecule has 1 heterocycles. The Morgan fingerprint density at radius 3 is 2.33 bits per heavy atom. The molecular weight excluding hydrogens is 238 g/mol. The molecule has 0 saturated carbocycles. The molecule has 0 N–H and O–H groups in total. The van der Waals surface area contributed by atoms with Crippen LogP contribution in [0.3, 0.4) is 0 Å². The van der Waals surface area contributed by atoms with Gasteiger partial charge in [0.2, 0.25) is 0 Å². The van der Waals surface area contributed by atoms with Gasteiger partial charge in [0.05, 0.1) is 9.88 Å². The van der Waals surface area contributed by atoms with Crippen LogP contribution in [-0.2, 0) is 0 Å². The molecule has 0 spiro atoms. The summed E-state index contributed by atoms with van der Waals surface area (Å²) in [6.45, 7) is 6.11. The molecule has 0 unspecified atom stereocenters. The summed E-state index contributed by atoms with van der Waals surface area (Å²) in [6, 6.07) is 8.59. The quantitative estimate of drug-likeness (QED) is 0.762. The molecule has 0 saturated heterocycles. The first-order valence-electron chi connectivity index (χ1n) is 6.57. The van der Waals surface area contributed by atoms with Crippen LogP contribution in [-0.4, -0.2) is 4.98 Å². The zero-order valence-electron chi connectivity index (χ0n) is 11.2. The van der Waals surface area contributed by atoms with Crippen LogP contribution in [0.25, 0.3) is 22.7 Å². The minimum Gasteiger partial charge on any atom is -0.236 e. The van der Waals surface area contributed by atoms with Gasteiger partial charge in [-0.2, -0.15) is 0 Å². The van der Waals surface area contributed by atoms with Crippen molar-refractivity contribution in [1.82, 2.24) is 4.98 Å². The normalized spacial score (nSPS) is 12.6. The van der Waals surface area contributed by atoms with E-state index in [0.717, 1.165) is 17.8 Å². The molecule has 1 aromatic heterocycles. The Bertz CT molecular complexity index is 587. The Hall–Kier alpha value is -1.41. The summed E-state index contributed by atoms with van der Waals surface area (Å²) < 4.78 is 1.34. The Balaban J connectivity index is 0.000000574. The van der Waals surface area contributed by atoms with E-state index in [9.17, 15) is 0 Å². The molecule has 1 nitrogen and oxygen atoms in total. The van der Waals surface area contributed by atoms with Gasteiger partial charge < -0.3 is 0 Å². The van der Waals surface area contributed by atoms with Crippen molar-refractivity contribution in [2.45, 2.75) is 33.6 Å². The van der Waals surface area contributed by atoms with Gasteiger partial charge in [0, 0.05) is 5.56 Å². The lowest BCUT2D eigenvalue weighted by atomic mass is 10.2.